The van der Waals surface area contributed by atoms with Gasteiger partial charge in [-0.1, -0.05) is 17.1 Å². The average Bonchev–Trinajstić information content (AvgIpc) is 3.12. The lowest BCUT2D eigenvalue weighted by Crippen LogP contribution is -2.24. The molecule has 0 spiro atoms. The third-order valence-corrected chi connectivity index (χ3v) is 3.61. The van der Waals surface area contributed by atoms with Crippen molar-refractivity contribution in [1.82, 2.24) is 19.8 Å². The lowest BCUT2D eigenvalue weighted by molar-refractivity contribution is 0.692. The zero-order valence-corrected chi connectivity index (χ0v) is 10.8. The minimum Gasteiger partial charge on any atom is -0.244 e. The number of aromatic nitrogens is 4. The van der Waals surface area contributed by atoms with Crippen molar-refractivity contribution in [2.24, 2.45) is 7.05 Å². The van der Waals surface area contributed by atoms with E-state index in [1.807, 2.05) is 6.07 Å². The lowest BCUT2D eigenvalue weighted by Gasteiger charge is -2.11. The molecule has 0 amide bonds. The molecule has 1 aliphatic carbocycles. The van der Waals surface area contributed by atoms with Crippen LogP contribution in [0.4, 0.5) is 0 Å². The molecular weight excluding hydrogens is 227 g/mol. The molecule has 0 radical (unpaired) electrons. The van der Waals surface area contributed by atoms with Crippen LogP contribution in [-0.4, -0.2) is 27.6 Å². The van der Waals surface area contributed by atoms with Crippen LogP contribution < -0.4 is 11.2 Å². The van der Waals surface area contributed by atoms with Crippen LogP contribution in [0.25, 0.3) is 5.69 Å². The van der Waals surface area contributed by atoms with Crippen LogP contribution in [0, 0.1) is 6.92 Å². The predicted molar refractivity (Wildman–Crippen MR) is 71.5 cm³/mol. The average molecular weight is 242 g/mol. The smallest absolute Gasteiger partial charge is 0.244 e. The van der Waals surface area contributed by atoms with E-state index in [1.54, 1.807) is 7.05 Å². The first-order valence-electron chi connectivity index (χ1n) is 6.18. The number of tetrazole rings is 1. The molecule has 1 fully saturated rings. The number of hydrogen-bond donors (Lipinski definition) is 0. The third-order valence-electron chi connectivity index (χ3n) is 3.61. The fraction of sp³-hybridized carbons (Fsp3) is 0.417. The molecule has 1 saturated carbocycles. The largest absolute Gasteiger partial charge is 0.368 e. The van der Waals surface area contributed by atoms with Gasteiger partial charge in [0.2, 0.25) is 0 Å². The molecule has 3 rings (SSSR count). The number of hydrogen-bond acceptors (Lipinski definition) is 3. The molecule has 0 N–H and O–H groups in total. The molecule has 1 aromatic carbocycles. The maximum atomic E-state index is 12.0. The molecule has 5 nitrogen and oxygen atoms in total. The Labute approximate surface area is 106 Å². The molecule has 6 heteroatoms. The zero-order valence-electron chi connectivity index (χ0n) is 10.8. The topological polar surface area (TPSA) is 52.7 Å². The van der Waals surface area contributed by atoms with E-state index < -0.39 is 0 Å². The van der Waals surface area contributed by atoms with Crippen molar-refractivity contribution < 1.29 is 0 Å². The van der Waals surface area contributed by atoms with Crippen molar-refractivity contribution in [3.8, 4) is 5.69 Å². The molecule has 0 aliphatic heterocycles. The Morgan fingerprint density at radius 1 is 1.33 bits per heavy atom. The van der Waals surface area contributed by atoms with E-state index in [9.17, 15) is 4.79 Å². The van der Waals surface area contributed by atoms with Crippen molar-refractivity contribution in [1.29, 1.82) is 0 Å². The maximum absolute atomic E-state index is 12.0. The van der Waals surface area contributed by atoms with Gasteiger partial charge in [-0.15, -0.1) is 0 Å². The first-order valence-corrected chi connectivity index (χ1v) is 6.18. The van der Waals surface area contributed by atoms with Crippen molar-refractivity contribution in [2.45, 2.75) is 25.7 Å². The van der Waals surface area contributed by atoms with Crippen molar-refractivity contribution >= 4 is 13.3 Å². The monoisotopic (exact) mass is 242 g/mol. The highest BCUT2D eigenvalue weighted by Gasteiger charge is 2.28. The number of nitrogens with zero attached hydrogens (tertiary/aromatic N) is 4. The first-order chi connectivity index (χ1) is 8.58. The molecular formula is C12H15BN4O. The Kier molecular flexibility index (Phi) is 2.40. The molecule has 1 aliphatic rings. The highest BCUT2D eigenvalue weighted by molar-refractivity contribution is 6.33. The molecule has 2 aromatic rings. The number of benzene rings is 1. The Balaban J connectivity index is 2.24. The van der Waals surface area contributed by atoms with Gasteiger partial charge in [-0.3, -0.25) is 0 Å². The van der Waals surface area contributed by atoms with Gasteiger partial charge in [-0.25, -0.2) is 4.79 Å². The minimum atomic E-state index is -0.194. The van der Waals surface area contributed by atoms with E-state index in [0.717, 1.165) is 5.69 Å². The Morgan fingerprint density at radius 2 is 2.06 bits per heavy atom. The summed E-state index contributed by atoms with van der Waals surface area (Å²) in [5, 5.41) is 7.73. The maximum Gasteiger partial charge on any atom is 0.368 e. The summed E-state index contributed by atoms with van der Waals surface area (Å²) in [6, 6.07) is 4.22. The molecule has 0 bridgehead atoms. The molecule has 1 heterocycles. The summed E-state index contributed by atoms with van der Waals surface area (Å²) in [6.07, 6.45) is 2.40. The quantitative estimate of drug-likeness (QED) is 0.661. The SMILES string of the molecule is Bc1cc(C2CC2)c(-n2nnn(C)c2=O)cc1C. The van der Waals surface area contributed by atoms with Gasteiger partial charge in [-0.05, 0) is 47.7 Å². The minimum absolute atomic E-state index is 0.194. The summed E-state index contributed by atoms with van der Waals surface area (Å²) >= 11 is 0. The van der Waals surface area contributed by atoms with E-state index in [2.05, 4.69) is 31.3 Å². The molecule has 18 heavy (non-hydrogen) atoms. The normalized spacial score (nSPS) is 15.0. The molecule has 92 valence electrons. The van der Waals surface area contributed by atoms with Gasteiger partial charge in [-0.2, -0.15) is 9.36 Å². The summed E-state index contributed by atoms with van der Waals surface area (Å²) in [6.45, 7) is 2.05. The van der Waals surface area contributed by atoms with E-state index in [1.165, 1.54) is 38.8 Å². The van der Waals surface area contributed by atoms with Crippen LogP contribution in [0.15, 0.2) is 16.9 Å². The summed E-state index contributed by atoms with van der Waals surface area (Å²) in [7, 11) is 3.72. The zero-order chi connectivity index (χ0) is 12.9. The van der Waals surface area contributed by atoms with Gasteiger partial charge >= 0.3 is 5.69 Å². The van der Waals surface area contributed by atoms with Crippen molar-refractivity contribution in [3.63, 3.8) is 0 Å². The van der Waals surface area contributed by atoms with Crippen LogP contribution >= 0.6 is 0 Å². The van der Waals surface area contributed by atoms with Gasteiger partial charge in [0.15, 0.2) is 0 Å². The third kappa shape index (κ3) is 1.68. The molecule has 0 saturated heterocycles. The number of aryl methyl sites for hydroxylation is 2. The molecule has 1 aromatic heterocycles. The van der Waals surface area contributed by atoms with Gasteiger partial charge < -0.3 is 0 Å². The van der Waals surface area contributed by atoms with E-state index in [4.69, 9.17) is 0 Å². The van der Waals surface area contributed by atoms with Crippen LogP contribution in [0.3, 0.4) is 0 Å². The van der Waals surface area contributed by atoms with E-state index in [0.29, 0.717) is 5.92 Å². The molecule has 0 unspecified atom stereocenters. The highest BCUT2D eigenvalue weighted by atomic mass is 16.2. The Hall–Kier alpha value is -1.85. The van der Waals surface area contributed by atoms with Gasteiger partial charge in [0, 0.05) is 7.05 Å². The van der Waals surface area contributed by atoms with E-state index >= 15 is 0 Å². The second-order valence-corrected chi connectivity index (χ2v) is 5.07. The van der Waals surface area contributed by atoms with Crippen LogP contribution in [0.1, 0.15) is 29.9 Å². The number of rotatable bonds is 2. The van der Waals surface area contributed by atoms with Gasteiger partial charge in [0.05, 0.1) is 5.69 Å². The van der Waals surface area contributed by atoms with Crippen LogP contribution in [-0.2, 0) is 7.05 Å². The fourth-order valence-electron chi connectivity index (χ4n) is 2.19. The lowest BCUT2D eigenvalue weighted by atomic mass is 9.87. The standard InChI is InChI=1S/C12H15BN4O/c1-7-5-11(17-12(18)16(2)14-15-17)9(6-10(7)13)8-3-4-8/h5-6,8H,3-4,13H2,1-2H3. The highest BCUT2D eigenvalue weighted by Crippen LogP contribution is 2.42. The molecule has 0 atom stereocenters. The van der Waals surface area contributed by atoms with Crippen LogP contribution in [0.2, 0.25) is 0 Å². The van der Waals surface area contributed by atoms with Crippen molar-refractivity contribution in [3.05, 3.63) is 33.7 Å². The fourth-order valence-corrected chi connectivity index (χ4v) is 2.19. The second kappa shape index (κ2) is 3.83. The van der Waals surface area contributed by atoms with Crippen molar-refractivity contribution in [2.75, 3.05) is 0 Å². The summed E-state index contributed by atoms with van der Waals surface area (Å²) in [5.41, 5.74) is 4.35. The second-order valence-electron chi connectivity index (χ2n) is 5.07. The summed E-state index contributed by atoms with van der Waals surface area (Å²) in [4.78, 5) is 12.0. The van der Waals surface area contributed by atoms with Crippen LogP contribution in [0.5, 0.6) is 0 Å². The Morgan fingerprint density at radius 3 is 2.61 bits per heavy atom. The Bertz CT molecular complexity index is 669. The van der Waals surface area contributed by atoms with E-state index in [-0.39, 0.29) is 5.69 Å². The summed E-state index contributed by atoms with van der Waals surface area (Å²) in [5.74, 6) is 0.577. The van der Waals surface area contributed by atoms with Gasteiger partial charge in [0.25, 0.3) is 0 Å². The van der Waals surface area contributed by atoms with Gasteiger partial charge in [0.1, 0.15) is 7.85 Å². The summed E-state index contributed by atoms with van der Waals surface area (Å²) < 4.78 is 2.66. The predicted octanol–water partition coefficient (Wildman–Crippen LogP) is -0.590. The first kappa shape index (κ1) is 11.3.